The Labute approximate surface area is 657 Å². The van der Waals surface area contributed by atoms with Crippen LogP contribution in [0, 0.1) is 6.92 Å². The maximum absolute atomic E-state index is 11.2. The Morgan fingerprint density at radius 1 is 0.463 bits per heavy atom. The van der Waals surface area contributed by atoms with Crippen molar-refractivity contribution in [3.63, 3.8) is 0 Å². The number of hydrogen-bond donors (Lipinski definition) is 6. The molecule has 0 saturated heterocycles. The van der Waals surface area contributed by atoms with Gasteiger partial charge in [0.25, 0.3) is 20.2 Å². The van der Waals surface area contributed by atoms with Gasteiger partial charge in [0, 0.05) is 199 Å². The van der Waals surface area contributed by atoms with Crippen molar-refractivity contribution in [2.45, 2.75) is 93.1 Å². The number of rotatable bonds is 37. The van der Waals surface area contributed by atoms with Crippen molar-refractivity contribution in [2.24, 2.45) is 0 Å². The zero-order chi connectivity index (χ0) is 71.1. The molecule has 7 N–H and O–H groups in total. The van der Waals surface area contributed by atoms with Crippen LogP contribution in [-0.2, 0) is 87.7 Å². The minimum Gasteiger partial charge on any atom is -0.423 e. The van der Waals surface area contributed by atoms with E-state index in [0.29, 0.717) is 60.9 Å². The summed E-state index contributed by atoms with van der Waals surface area (Å²) in [5, 5.41) is 38.9. The molecule has 0 saturated carbocycles. The van der Waals surface area contributed by atoms with E-state index in [0.717, 1.165) is 141 Å². The fourth-order valence-corrected chi connectivity index (χ4v) is 12.1. The van der Waals surface area contributed by atoms with Crippen LogP contribution < -0.4 is 30.7 Å². The van der Waals surface area contributed by atoms with E-state index in [4.69, 9.17) is 75.8 Å². The number of hydrogen-bond acceptors (Lipinski definition) is 17. The molecule has 0 amide bonds. The van der Waals surface area contributed by atoms with Crippen LogP contribution in [-0.4, -0.2) is 177 Å². The van der Waals surface area contributed by atoms with Gasteiger partial charge in [0.1, 0.15) is 0 Å². The third kappa shape index (κ3) is 44.4. The molecule has 29 heteroatoms. The van der Waals surface area contributed by atoms with Crippen LogP contribution in [0.2, 0.25) is 0 Å². The second-order valence-corrected chi connectivity index (χ2v) is 30.3. The third-order valence-corrected chi connectivity index (χ3v) is 17.4. The summed E-state index contributed by atoms with van der Waals surface area (Å²) in [6.45, 7) is 25.4. The summed E-state index contributed by atoms with van der Waals surface area (Å²) in [4.78, 5) is 11.0. The molecule has 5 aromatic rings. The van der Waals surface area contributed by atoms with E-state index in [1.807, 2.05) is 53.1 Å². The fraction of sp³-hybridized carbons (Fsp3) is 0.530. The van der Waals surface area contributed by atoms with Crippen molar-refractivity contribution in [1.82, 2.24) is 10.2 Å². The van der Waals surface area contributed by atoms with Gasteiger partial charge in [-0.2, -0.15) is 35.4 Å². The Morgan fingerprint density at radius 3 is 1.20 bits per heavy atom. The van der Waals surface area contributed by atoms with E-state index in [9.17, 15) is 21.9 Å². The molecule has 0 fully saturated rings. The molecule has 17 nitrogen and oxygen atoms in total. The van der Waals surface area contributed by atoms with Gasteiger partial charge in [-0.25, -0.2) is 0 Å². The number of nitrogen functional groups attached to an aromatic ring is 1. The second kappa shape index (κ2) is 57.7. The molecular formula is C66H101Br5Cl4N7O10S2Y-. The molecule has 0 aliphatic heterocycles. The molecule has 0 unspecified atom stereocenters. The Balaban J connectivity index is 0. The Bertz CT molecular complexity index is 3030. The Hall–Kier alpha value is -0.786. The zero-order valence-corrected chi connectivity index (χ0v) is 71.4. The maximum atomic E-state index is 11.2. The molecule has 0 aliphatic rings. The SMILES string of the molecule is CCCN(CCC)c1cc(Br)ccc1CN(CCCl)CCCl.CCCN(CCOS(C)(=O)=O)c1cc(Br)ccc1COS(C)(=O)=O.ClCCNCCCl.Nc1cc(Br)ccc1CO.OCCN(CCO)c1cc(Br)ccc1CO.[CH2-]c1ccc(Br)cc1N(CCC)CCC.[Y]. The smallest absolute Gasteiger partial charge is 0.264 e. The number of nitrogens with zero attached hydrogens (tertiary/aromatic N) is 5. The first-order valence-electron chi connectivity index (χ1n) is 31.0. The van der Waals surface area contributed by atoms with Gasteiger partial charge in [0.15, 0.2) is 0 Å². The third-order valence-electron chi connectivity index (χ3n) is 13.0. The molecule has 95 heavy (non-hydrogen) atoms. The van der Waals surface area contributed by atoms with Crippen LogP contribution in [0.15, 0.2) is 113 Å². The standard InChI is InChI=1S/C17H27BrCl2N2.C14H22BrNO6S2.C13H19BrN.C11H16BrNO3.C7H8BrNO.C4H9Cl2N.Y/c1-3-9-22(10-4-2)17-13-16(18)6-5-15(17)14-21(11-7-19)12-8-20;1-4-7-16(8-9-21-23(2,17)18)14-10-13(15)6-5-12(14)11-22-24(3,19)20;1-4-8-15(9-5-2)13-10-12(14)7-6-11(13)3;12-10-2-1-9(8-16)11(7-10)13(3-5-14)4-6-15;8-6-2-1-5(4-10)7(9)3-6;5-1-3-7-4-2-6;/h5-6,13H,3-4,7-12,14H2,1-2H3;5-6,10H,4,7-9,11H2,1-3H3;6-7,10H,3-5,8-9H2,1-2H3;1-2,7,14-16H,3-6,8H2;1-3,10H,4,9H2;7H,1-4H2;/q;;-1;;;;. The van der Waals surface area contributed by atoms with Crippen LogP contribution >= 0.6 is 126 Å². The first kappa shape index (κ1) is 96.3. The number of anilines is 5. The van der Waals surface area contributed by atoms with Gasteiger partial charge in [0.2, 0.25) is 0 Å². The first-order chi connectivity index (χ1) is 44.7. The summed E-state index contributed by atoms with van der Waals surface area (Å²) in [5.74, 6) is 2.60. The maximum Gasteiger partial charge on any atom is 0.264 e. The van der Waals surface area contributed by atoms with E-state index in [1.165, 1.54) is 29.8 Å². The summed E-state index contributed by atoms with van der Waals surface area (Å²) >= 11 is 39.7. The summed E-state index contributed by atoms with van der Waals surface area (Å²) < 4.78 is 59.3. The number of halogens is 9. The van der Waals surface area contributed by atoms with Gasteiger partial charge < -0.3 is 51.1 Å². The summed E-state index contributed by atoms with van der Waals surface area (Å²) in [5.41, 5.74) is 15.1. The molecular weight excluding hydrogens is 1750 g/mol. The molecule has 5 rings (SSSR count). The molecule has 0 aliphatic carbocycles. The molecule has 0 aromatic heterocycles. The monoisotopic (exact) mass is 1840 g/mol. The van der Waals surface area contributed by atoms with Gasteiger partial charge in [-0.1, -0.05) is 150 Å². The molecule has 1 radical (unpaired) electrons. The Kier molecular flexibility index (Phi) is 58.5. The number of benzene rings is 5. The van der Waals surface area contributed by atoms with Crippen molar-refractivity contribution in [3.8, 4) is 0 Å². The van der Waals surface area contributed by atoms with Crippen molar-refractivity contribution >= 4 is 175 Å². The first-order valence-corrected chi connectivity index (χ1v) is 40.8. The van der Waals surface area contributed by atoms with Gasteiger partial charge in [0.05, 0.1) is 52.2 Å². The fourth-order valence-electron chi connectivity index (χ4n) is 8.90. The van der Waals surface area contributed by atoms with Crippen LogP contribution in [0.1, 0.15) is 94.5 Å². The van der Waals surface area contributed by atoms with Crippen molar-refractivity contribution < 1.29 is 78.3 Å². The van der Waals surface area contributed by atoms with Crippen molar-refractivity contribution in [2.75, 3.05) is 160 Å². The molecule has 0 spiro atoms. The summed E-state index contributed by atoms with van der Waals surface area (Å²) in [6.07, 6.45) is 7.48. The predicted octanol–water partition coefficient (Wildman–Crippen LogP) is 15.0. The minimum atomic E-state index is -3.56. The average molecular weight is 1850 g/mol. The molecule has 5 aromatic carbocycles. The second-order valence-electron chi connectivity index (χ2n) is 20.9. The number of aliphatic hydroxyl groups excluding tert-OH is 4. The molecule has 539 valence electrons. The van der Waals surface area contributed by atoms with E-state index in [-0.39, 0.29) is 72.4 Å². The number of nitrogens with two attached hydrogens (primary N) is 1. The van der Waals surface area contributed by atoms with Crippen LogP contribution in [0.25, 0.3) is 0 Å². The number of nitrogens with one attached hydrogen (secondary N) is 1. The van der Waals surface area contributed by atoms with E-state index >= 15 is 0 Å². The van der Waals surface area contributed by atoms with Crippen molar-refractivity contribution in [3.05, 3.63) is 148 Å². The van der Waals surface area contributed by atoms with Crippen molar-refractivity contribution in [1.29, 1.82) is 0 Å². The summed E-state index contributed by atoms with van der Waals surface area (Å²) in [6, 6.07) is 29.2. The van der Waals surface area contributed by atoms with Crippen LogP contribution in [0.5, 0.6) is 0 Å². The molecule has 0 heterocycles. The van der Waals surface area contributed by atoms with Gasteiger partial charge >= 0.3 is 0 Å². The number of alkyl halides is 4. The molecule has 0 bridgehead atoms. The number of aliphatic hydroxyl groups is 4. The minimum absolute atomic E-state index is 0. The largest absolute Gasteiger partial charge is 0.423 e. The van der Waals surface area contributed by atoms with Gasteiger partial charge in [-0.15, -0.1) is 52.5 Å². The van der Waals surface area contributed by atoms with Gasteiger partial charge in [-0.3, -0.25) is 13.3 Å². The normalized spacial score (nSPS) is 10.8. The van der Waals surface area contributed by atoms with E-state index < -0.39 is 20.2 Å². The van der Waals surface area contributed by atoms with E-state index in [1.54, 1.807) is 24.3 Å². The zero-order valence-electron chi connectivity index (χ0n) is 56.0. The van der Waals surface area contributed by atoms with E-state index in [2.05, 4.69) is 165 Å². The van der Waals surface area contributed by atoms with Gasteiger partial charge in [-0.05, 0) is 90.7 Å². The summed E-state index contributed by atoms with van der Waals surface area (Å²) in [7, 11) is -7.06. The van der Waals surface area contributed by atoms with Crippen LogP contribution in [0.3, 0.4) is 0 Å². The predicted molar refractivity (Wildman–Crippen MR) is 417 cm³/mol. The topological polar surface area (TPSA) is 222 Å². The van der Waals surface area contributed by atoms with Crippen LogP contribution in [0.4, 0.5) is 28.4 Å². The molecule has 0 atom stereocenters. The Morgan fingerprint density at radius 2 is 0.811 bits per heavy atom. The quantitative estimate of drug-likeness (QED) is 0.00715. The average Bonchev–Trinajstić information content (AvgIpc) is 0.883.